The van der Waals surface area contributed by atoms with Crippen molar-refractivity contribution in [3.8, 4) is 6.07 Å². The van der Waals surface area contributed by atoms with Crippen LogP contribution < -0.4 is 10.6 Å². The molecule has 0 unspecified atom stereocenters. The number of pyridine rings is 1. The van der Waals surface area contributed by atoms with Crippen molar-refractivity contribution >= 4 is 35.9 Å². The number of nitriles is 1. The summed E-state index contributed by atoms with van der Waals surface area (Å²) in [5.74, 6) is -1.92. The molecule has 13 heteroatoms. The molecule has 3 rings (SSSR count). The summed E-state index contributed by atoms with van der Waals surface area (Å²) in [4.78, 5) is 32.6. The Balaban J connectivity index is 0.00000481. The van der Waals surface area contributed by atoms with Crippen LogP contribution in [0.25, 0.3) is 0 Å². The Morgan fingerprint density at radius 3 is 2.54 bits per heavy atom. The highest BCUT2D eigenvalue weighted by atomic mass is 35.5. The predicted octanol–water partition coefficient (Wildman–Crippen LogP) is 4.57. The van der Waals surface area contributed by atoms with Gasteiger partial charge in [-0.25, -0.2) is 22.9 Å². The molecule has 1 aromatic heterocycles. The van der Waals surface area contributed by atoms with Crippen molar-refractivity contribution in [2.24, 2.45) is 4.99 Å². The predicted molar refractivity (Wildman–Crippen MR) is 130 cm³/mol. The van der Waals surface area contributed by atoms with Crippen molar-refractivity contribution in [2.75, 3.05) is 18.5 Å². The highest BCUT2D eigenvalue weighted by molar-refractivity contribution is 6.03. The maximum Gasteiger partial charge on any atom is 0.413 e. The Labute approximate surface area is 217 Å². The third kappa shape index (κ3) is 7.41. The third-order valence-electron chi connectivity index (χ3n) is 5.02. The molecule has 0 bridgehead atoms. The molecule has 2 heterocycles. The number of anilines is 1. The first-order valence-corrected chi connectivity index (χ1v) is 10.9. The molecule has 0 radical (unpaired) electrons. The van der Waals surface area contributed by atoms with Gasteiger partial charge in [-0.2, -0.15) is 5.26 Å². The van der Waals surface area contributed by atoms with Crippen LogP contribution in [0.15, 0.2) is 41.5 Å². The van der Waals surface area contributed by atoms with E-state index in [9.17, 15) is 22.8 Å². The van der Waals surface area contributed by atoms with Crippen LogP contribution in [-0.4, -0.2) is 48.1 Å². The monoisotopic (exact) mass is 539 g/mol. The van der Waals surface area contributed by atoms with Crippen LogP contribution in [0.1, 0.15) is 48.8 Å². The first kappa shape index (κ1) is 29.5. The maximum atomic E-state index is 14.9. The summed E-state index contributed by atoms with van der Waals surface area (Å²) in [7, 11) is 0. The zero-order valence-corrected chi connectivity index (χ0v) is 21.0. The average molecular weight is 540 g/mol. The van der Waals surface area contributed by atoms with Gasteiger partial charge in [-0.15, -0.1) is 12.4 Å². The minimum Gasteiger partial charge on any atom is -0.444 e. The van der Waals surface area contributed by atoms with Gasteiger partial charge in [0.1, 0.15) is 35.6 Å². The fourth-order valence-corrected chi connectivity index (χ4v) is 3.41. The molecule has 1 aliphatic rings. The minimum absolute atomic E-state index is 0. The summed E-state index contributed by atoms with van der Waals surface area (Å²) in [6, 6.07) is 7.78. The van der Waals surface area contributed by atoms with E-state index in [2.05, 4.69) is 20.6 Å². The highest BCUT2D eigenvalue weighted by Crippen LogP contribution is 2.40. The molecule has 198 valence electrons. The molecule has 0 saturated heterocycles. The zero-order valence-electron chi connectivity index (χ0n) is 20.2. The number of alkyl halides is 2. The molecule has 2 N–H and O–H groups in total. The summed E-state index contributed by atoms with van der Waals surface area (Å²) in [6.07, 6.45) is -3.30. The second-order valence-corrected chi connectivity index (χ2v) is 8.91. The van der Waals surface area contributed by atoms with Gasteiger partial charge in [0.25, 0.3) is 12.3 Å². The maximum absolute atomic E-state index is 14.9. The van der Waals surface area contributed by atoms with E-state index in [1.807, 2.05) is 6.07 Å². The number of hydrogen-bond acceptors (Lipinski definition) is 7. The fraction of sp³-hybridized carbons (Fsp3) is 0.375. The lowest BCUT2D eigenvalue weighted by Gasteiger charge is -2.29. The number of aromatic nitrogens is 1. The molecule has 2 aromatic rings. The number of hydrogen-bond donors (Lipinski definition) is 2. The van der Waals surface area contributed by atoms with Crippen molar-refractivity contribution in [1.82, 2.24) is 10.3 Å². The number of carbonyl (C=O) groups excluding carboxylic acids is 2. The fourth-order valence-electron chi connectivity index (χ4n) is 3.41. The molecule has 0 aliphatic carbocycles. The van der Waals surface area contributed by atoms with Crippen molar-refractivity contribution in [3.05, 3.63) is 59.2 Å². The Hall–Kier alpha value is -3.69. The molecule has 1 atom stereocenters. The number of ether oxygens (including phenoxy) is 2. The van der Waals surface area contributed by atoms with Crippen LogP contribution in [0.3, 0.4) is 0 Å². The summed E-state index contributed by atoms with van der Waals surface area (Å²) < 4.78 is 54.5. The SMILES string of the molecule is CC(C)(C)OC(=O)NC1=N[C@@](c2cc(NC(=O)c3ccc(C#N)cn3)ccc2F)(C(F)F)CCOC1.Cl. The van der Waals surface area contributed by atoms with E-state index in [1.165, 1.54) is 24.4 Å². The van der Waals surface area contributed by atoms with Gasteiger partial charge >= 0.3 is 6.09 Å². The topological polar surface area (TPSA) is 126 Å². The van der Waals surface area contributed by atoms with Gasteiger partial charge in [0, 0.05) is 23.9 Å². The summed E-state index contributed by atoms with van der Waals surface area (Å²) in [5.41, 5.74) is -3.51. The number of halogens is 4. The summed E-state index contributed by atoms with van der Waals surface area (Å²) in [5, 5.41) is 13.6. The lowest BCUT2D eigenvalue weighted by atomic mass is 9.87. The Bertz CT molecular complexity index is 1210. The van der Waals surface area contributed by atoms with Crippen molar-refractivity contribution in [1.29, 1.82) is 5.26 Å². The Morgan fingerprint density at radius 1 is 1.22 bits per heavy atom. The van der Waals surface area contributed by atoms with Gasteiger partial charge in [0.15, 0.2) is 5.54 Å². The van der Waals surface area contributed by atoms with E-state index in [1.54, 1.807) is 20.8 Å². The minimum atomic E-state index is -3.18. The van der Waals surface area contributed by atoms with E-state index in [-0.39, 0.29) is 48.4 Å². The summed E-state index contributed by atoms with van der Waals surface area (Å²) >= 11 is 0. The molecule has 0 spiro atoms. The largest absolute Gasteiger partial charge is 0.444 e. The van der Waals surface area contributed by atoms with E-state index in [0.29, 0.717) is 0 Å². The van der Waals surface area contributed by atoms with Crippen LogP contribution in [0.2, 0.25) is 0 Å². The number of rotatable bonds is 4. The lowest BCUT2D eigenvalue weighted by molar-refractivity contribution is 0.0330. The molecule has 0 fully saturated rings. The molecule has 37 heavy (non-hydrogen) atoms. The van der Waals surface area contributed by atoms with Gasteiger partial charge < -0.3 is 14.8 Å². The van der Waals surface area contributed by atoms with Crippen LogP contribution in [0.5, 0.6) is 0 Å². The number of carbonyl (C=O) groups is 2. The smallest absolute Gasteiger partial charge is 0.413 e. The number of benzene rings is 1. The molecule has 0 saturated carbocycles. The molecule has 1 aliphatic heterocycles. The molecule has 9 nitrogen and oxygen atoms in total. The molecular weight excluding hydrogens is 515 g/mol. The highest BCUT2D eigenvalue weighted by Gasteiger charge is 2.45. The van der Waals surface area contributed by atoms with Gasteiger partial charge in [0.2, 0.25) is 0 Å². The first-order valence-electron chi connectivity index (χ1n) is 10.9. The first-order chi connectivity index (χ1) is 16.9. The Morgan fingerprint density at radius 2 is 1.95 bits per heavy atom. The average Bonchev–Trinajstić information content (AvgIpc) is 3.02. The molecule has 2 amide bonds. The van der Waals surface area contributed by atoms with E-state index in [0.717, 1.165) is 12.1 Å². The number of nitrogens with one attached hydrogen (secondary N) is 2. The van der Waals surface area contributed by atoms with Crippen LogP contribution in [0.4, 0.5) is 23.7 Å². The number of aliphatic imine (C=N–C) groups is 1. The summed E-state index contributed by atoms with van der Waals surface area (Å²) in [6.45, 7) is 4.40. The zero-order chi connectivity index (χ0) is 26.5. The van der Waals surface area contributed by atoms with Gasteiger partial charge in [0.05, 0.1) is 12.2 Å². The van der Waals surface area contributed by atoms with E-state index < -0.39 is 47.4 Å². The number of alkyl carbamates (subject to hydrolysis) is 1. The van der Waals surface area contributed by atoms with Gasteiger partial charge in [-0.05, 0) is 51.1 Å². The normalized spacial score (nSPS) is 17.5. The van der Waals surface area contributed by atoms with Crippen molar-refractivity contribution in [2.45, 2.75) is 44.8 Å². The second-order valence-electron chi connectivity index (χ2n) is 8.91. The van der Waals surface area contributed by atoms with Crippen LogP contribution >= 0.6 is 12.4 Å². The van der Waals surface area contributed by atoms with E-state index >= 15 is 0 Å². The third-order valence-corrected chi connectivity index (χ3v) is 5.02. The van der Waals surface area contributed by atoms with Gasteiger partial charge in [-0.1, -0.05) is 0 Å². The molecular formula is C24H25ClF3N5O4. The van der Waals surface area contributed by atoms with Crippen LogP contribution in [-0.2, 0) is 15.0 Å². The standard InChI is InChI=1S/C24H24F3N5O4.ClH/c1-23(2,3)36-22(34)31-19-13-35-9-8-24(32-19,21(26)27)16-10-15(5-6-17(16)25)30-20(33)18-7-4-14(11-28)12-29-18;/h4-7,10,12,21H,8-9,13H2,1-3H3,(H,30,33)(H,31,32,34);1H/t24-;/m0./s1. The van der Waals surface area contributed by atoms with E-state index in [4.69, 9.17) is 14.7 Å². The number of amides is 2. The van der Waals surface area contributed by atoms with Crippen LogP contribution in [0, 0.1) is 17.1 Å². The Kier molecular flexibility index (Phi) is 9.61. The van der Waals surface area contributed by atoms with Gasteiger partial charge in [-0.3, -0.25) is 15.1 Å². The lowest BCUT2D eigenvalue weighted by Crippen LogP contribution is -2.41. The number of amidine groups is 1. The number of nitrogens with zero attached hydrogens (tertiary/aromatic N) is 3. The van der Waals surface area contributed by atoms with Crippen molar-refractivity contribution < 1.29 is 32.2 Å². The second kappa shape index (κ2) is 12.0. The van der Waals surface area contributed by atoms with Crippen molar-refractivity contribution in [3.63, 3.8) is 0 Å². The molecule has 1 aromatic carbocycles. The quantitative estimate of drug-likeness (QED) is 0.586.